The zero-order valence-electron chi connectivity index (χ0n) is 22.3. The number of aromatic amines is 1. The van der Waals surface area contributed by atoms with Crippen LogP contribution in [0.4, 0.5) is 5.69 Å². The van der Waals surface area contributed by atoms with E-state index in [1.807, 2.05) is 61.5 Å². The molecule has 0 saturated carbocycles. The maximum atomic E-state index is 13.4. The number of nitrogens with one attached hydrogen (secondary N) is 1. The number of nitrogens with two attached hydrogens (primary N) is 1. The van der Waals surface area contributed by atoms with Gasteiger partial charge >= 0.3 is 0 Å². The van der Waals surface area contributed by atoms with Gasteiger partial charge in [0.25, 0.3) is 11.8 Å². The van der Waals surface area contributed by atoms with E-state index in [-0.39, 0.29) is 5.91 Å². The Labute approximate surface area is 225 Å². The first-order valence-electron chi connectivity index (χ1n) is 12.8. The number of anilines is 1. The second-order valence-corrected chi connectivity index (χ2v) is 10.6. The van der Waals surface area contributed by atoms with Crippen LogP contribution >= 0.6 is 0 Å². The van der Waals surface area contributed by atoms with Gasteiger partial charge in [-0.15, -0.1) is 0 Å². The van der Waals surface area contributed by atoms with E-state index in [2.05, 4.69) is 4.98 Å². The van der Waals surface area contributed by atoms with Gasteiger partial charge in [-0.2, -0.15) is 0 Å². The molecule has 0 saturated heterocycles. The van der Waals surface area contributed by atoms with Crippen molar-refractivity contribution in [2.75, 3.05) is 12.0 Å². The van der Waals surface area contributed by atoms with Crippen molar-refractivity contribution in [3.05, 3.63) is 94.5 Å². The normalized spacial score (nSPS) is 13.4. The van der Waals surface area contributed by atoms with Gasteiger partial charge in [0.05, 0.1) is 30.3 Å². The molecule has 0 radical (unpaired) electrons. The van der Waals surface area contributed by atoms with E-state index in [1.54, 1.807) is 38.0 Å². The fourth-order valence-corrected chi connectivity index (χ4v) is 5.65. The minimum atomic E-state index is -1.02. The third-order valence-electron chi connectivity index (χ3n) is 7.73. The molecule has 0 bridgehead atoms. The molecule has 0 spiro atoms. The summed E-state index contributed by atoms with van der Waals surface area (Å²) in [6.45, 7) is 5.94. The van der Waals surface area contributed by atoms with Gasteiger partial charge in [0.2, 0.25) is 0 Å². The van der Waals surface area contributed by atoms with Crippen molar-refractivity contribution in [2.24, 2.45) is 5.73 Å². The van der Waals surface area contributed by atoms with Crippen molar-refractivity contribution in [2.45, 2.75) is 32.9 Å². The van der Waals surface area contributed by atoms with Crippen molar-refractivity contribution in [3.8, 4) is 16.9 Å². The Balaban J connectivity index is 1.54. The summed E-state index contributed by atoms with van der Waals surface area (Å²) in [5.41, 5.74) is 12.6. The maximum Gasteiger partial charge on any atom is 0.258 e. The van der Waals surface area contributed by atoms with Gasteiger partial charge in [0, 0.05) is 27.5 Å². The Kier molecular flexibility index (Phi) is 5.52. The molecule has 2 heterocycles. The van der Waals surface area contributed by atoms with E-state index in [0.29, 0.717) is 23.2 Å². The number of rotatable bonds is 5. The van der Waals surface area contributed by atoms with Gasteiger partial charge in [-0.3, -0.25) is 9.59 Å². The van der Waals surface area contributed by atoms with Crippen LogP contribution in [0.5, 0.6) is 5.75 Å². The molecule has 0 unspecified atom stereocenters. The topological polar surface area (TPSA) is 109 Å². The highest BCUT2D eigenvalue weighted by molar-refractivity contribution is 6.20. The van der Waals surface area contributed by atoms with E-state index in [0.717, 1.165) is 55.5 Å². The van der Waals surface area contributed by atoms with Crippen LogP contribution in [0, 0.1) is 6.92 Å². The van der Waals surface area contributed by atoms with Crippen LogP contribution in [0.1, 0.15) is 51.3 Å². The van der Waals surface area contributed by atoms with Gasteiger partial charge in [-0.05, 0) is 85.0 Å². The molecular formula is C32H29N3O4. The van der Waals surface area contributed by atoms with Crippen LogP contribution in [0.2, 0.25) is 0 Å². The van der Waals surface area contributed by atoms with E-state index in [9.17, 15) is 14.7 Å². The van der Waals surface area contributed by atoms with Crippen molar-refractivity contribution in [3.63, 3.8) is 0 Å². The molecule has 1 aliphatic heterocycles. The molecule has 4 N–H and O–H groups in total. The Bertz CT molecular complexity index is 1830. The minimum absolute atomic E-state index is 0.0478. The highest BCUT2D eigenvalue weighted by Crippen LogP contribution is 2.41. The van der Waals surface area contributed by atoms with E-state index in [1.165, 1.54) is 0 Å². The standard InChI is InChI=1S/C32H29N3O4/c1-17-21(6-5-7-27(17)35-16-18-14-20(39-4)9-11-22(18)31(35)37)23-12-13-25(30(33)36)29-28(23)24-10-8-19(32(2,3)38)15-26(24)34-29/h5-15,34,38H,16H2,1-4H3,(H2,33,36). The summed E-state index contributed by atoms with van der Waals surface area (Å²) in [6, 6.07) is 20.9. The first-order valence-corrected chi connectivity index (χ1v) is 12.8. The van der Waals surface area contributed by atoms with E-state index in [4.69, 9.17) is 10.5 Å². The molecule has 0 fully saturated rings. The molecule has 0 aliphatic carbocycles. The number of fused-ring (bicyclic) bond motifs is 4. The largest absolute Gasteiger partial charge is 0.497 e. The van der Waals surface area contributed by atoms with Gasteiger partial charge in [0.1, 0.15) is 5.75 Å². The number of methoxy groups -OCH3 is 1. The maximum absolute atomic E-state index is 13.4. The summed E-state index contributed by atoms with van der Waals surface area (Å²) in [6.07, 6.45) is 0. The average Bonchev–Trinajstić information content (AvgIpc) is 3.45. The third-order valence-corrected chi connectivity index (χ3v) is 7.73. The van der Waals surface area contributed by atoms with E-state index >= 15 is 0 Å². The van der Waals surface area contributed by atoms with Crippen molar-refractivity contribution < 1.29 is 19.4 Å². The molecule has 1 aliphatic rings. The number of ether oxygens (including phenoxy) is 1. The number of carbonyl (C=O) groups is 2. The summed E-state index contributed by atoms with van der Waals surface area (Å²) < 4.78 is 5.36. The molecular weight excluding hydrogens is 490 g/mol. The molecule has 7 nitrogen and oxygen atoms in total. The summed E-state index contributed by atoms with van der Waals surface area (Å²) >= 11 is 0. The zero-order chi connectivity index (χ0) is 27.6. The lowest BCUT2D eigenvalue weighted by atomic mass is 9.92. The second kappa shape index (κ2) is 8.71. The molecule has 7 heteroatoms. The Morgan fingerprint density at radius 1 is 1.03 bits per heavy atom. The molecule has 4 aromatic carbocycles. The molecule has 5 aromatic rings. The quantitative estimate of drug-likeness (QED) is 0.273. The summed E-state index contributed by atoms with van der Waals surface area (Å²) in [4.78, 5) is 30.9. The zero-order valence-corrected chi connectivity index (χ0v) is 22.3. The summed E-state index contributed by atoms with van der Waals surface area (Å²) in [5, 5.41) is 12.3. The minimum Gasteiger partial charge on any atom is -0.497 e. The lowest BCUT2D eigenvalue weighted by Gasteiger charge is -2.21. The number of aromatic nitrogens is 1. The number of benzene rings is 4. The fraction of sp³-hybridized carbons (Fsp3) is 0.188. The van der Waals surface area contributed by atoms with Crippen LogP contribution in [0.3, 0.4) is 0 Å². The Morgan fingerprint density at radius 2 is 1.79 bits per heavy atom. The number of nitrogens with zero attached hydrogens (tertiary/aromatic N) is 1. The third kappa shape index (κ3) is 3.85. The average molecular weight is 520 g/mol. The molecule has 6 rings (SSSR count). The number of primary amides is 1. The van der Waals surface area contributed by atoms with Gasteiger partial charge in [-0.1, -0.05) is 30.3 Å². The van der Waals surface area contributed by atoms with Crippen LogP contribution in [-0.2, 0) is 12.1 Å². The lowest BCUT2D eigenvalue weighted by molar-refractivity contribution is 0.0787. The van der Waals surface area contributed by atoms with Crippen LogP contribution < -0.4 is 15.4 Å². The highest BCUT2D eigenvalue weighted by Gasteiger charge is 2.30. The molecule has 39 heavy (non-hydrogen) atoms. The first-order chi connectivity index (χ1) is 18.6. The lowest BCUT2D eigenvalue weighted by Crippen LogP contribution is -2.24. The number of carbonyl (C=O) groups excluding carboxylic acids is 2. The first kappa shape index (κ1) is 24.7. The second-order valence-electron chi connectivity index (χ2n) is 10.6. The number of aliphatic hydroxyl groups is 1. The fourth-order valence-electron chi connectivity index (χ4n) is 5.65. The predicted octanol–water partition coefficient (Wildman–Crippen LogP) is 5.79. The van der Waals surface area contributed by atoms with Gasteiger partial charge in [0.15, 0.2) is 0 Å². The smallest absolute Gasteiger partial charge is 0.258 e. The number of amides is 2. The predicted molar refractivity (Wildman–Crippen MR) is 153 cm³/mol. The molecule has 1 aromatic heterocycles. The van der Waals surface area contributed by atoms with E-state index < -0.39 is 11.5 Å². The summed E-state index contributed by atoms with van der Waals surface area (Å²) in [5.74, 6) is 0.147. The van der Waals surface area contributed by atoms with Crippen molar-refractivity contribution >= 4 is 39.3 Å². The SMILES string of the molecule is COc1ccc2c(c1)CN(c1cccc(-c3ccc(C(N)=O)c4[nH]c5cc(C(C)(C)O)ccc5c34)c1C)C2=O. The Hall–Kier alpha value is -4.62. The molecule has 0 atom stereocenters. The number of hydrogen-bond donors (Lipinski definition) is 3. The van der Waals surface area contributed by atoms with Gasteiger partial charge in [-0.25, -0.2) is 0 Å². The van der Waals surface area contributed by atoms with Gasteiger partial charge < -0.3 is 25.5 Å². The number of hydrogen-bond acceptors (Lipinski definition) is 4. The molecule has 196 valence electrons. The van der Waals surface area contributed by atoms with Crippen LogP contribution in [0.25, 0.3) is 32.9 Å². The summed E-state index contributed by atoms with van der Waals surface area (Å²) in [7, 11) is 1.62. The monoisotopic (exact) mass is 519 g/mol. The Morgan fingerprint density at radius 3 is 2.51 bits per heavy atom. The van der Waals surface area contributed by atoms with Crippen LogP contribution in [0.15, 0.2) is 66.7 Å². The van der Waals surface area contributed by atoms with Crippen molar-refractivity contribution in [1.82, 2.24) is 4.98 Å². The van der Waals surface area contributed by atoms with Crippen LogP contribution in [-0.4, -0.2) is 29.0 Å². The molecule has 2 amide bonds. The highest BCUT2D eigenvalue weighted by atomic mass is 16.5. The number of H-pyrrole nitrogens is 1. The van der Waals surface area contributed by atoms with Crippen molar-refractivity contribution in [1.29, 1.82) is 0 Å².